The Morgan fingerprint density at radius 3 is 2.49 bits per heavy atom. The molecule has 280 valence electrons. The molecule has 4 amide bonds. The van der Waals surface area contributed by atoms with E-state index in [1.807, 2.05) is 6.07 Å². The Morgan fingerprint density at radius 1 is 0.981 bits per heavy atom. The third-order valence-electron chi connectivity index (χ3n) is 10.4. The lowest BCUT2D eigenvalue weighted by atomic mass is 9.94. The Labute approximate surface area is 313 Å². The first kappa shape index (κ1) is 36.7. The first-order valence-corrected chi connectivity index (χ1v) is 19.8. The van der Waals surface area contributed by atoms with E-state index in [-0.39, 0.29) is 72.8 Å². The molecule has 1 aliphatic carbocycles. The van der Waals surface area contributed by atoms with Crippen LogP contribution in [-0.4, -0.2) is 87.7 Å². The highest BCUT2D eigenvalue weighted by Crippen LogP contribution is 2.36. The molecule has 3 fully saturated rings. The predicted molar refractivity (Wildman–Crippen MR) is 197 cm³/mol. The lowest BCUT2D eigenvalue weighted by Crippen LogP contribution is -2.52. The number of nitrogens with two attached hydrogens (primary N) is 1. The Morgan fingerprint density at radius 2 is 1.74 bits per heavy atom. The molecule has 2 saturated heterocycles. The van der Waals surface area contributed by atoms with E-state index in [2.05, 4.69) is 47.2 Å². The van der Waals surface area contributed by atoms with Crippen LogP contribution in [0.2, 0.25) is 0 Å². The first-order chi connectivity index (χ1) is 25.4. The summed E-state index contributed by atoms with van der Waals surface area (Å²) in [6, 6.07) is 8.57. The summed E-state index contributed by atoms with van der Waals surface area (Å²) >= 11 is 3.38. The monoisotopic (exact) mass is 811 g/mol. The minimum atomic E-state index is -3.61. The predicted octanol–water partition coefficient (Wildman–Crippen LogP) is 3.61. The zero-order valence-electron chi connectivity index (χ0n) is 28.6. The quantitative estimate of drug-likeness (QED) is 0.187. The van der Waals surface area contributed by atoms with Gasteiger partial charge in [-0.3, -0.25) is 24.5 Å². The number of aromatic nitrogens is 2. The van der Waals surface area contributed by atoms with Gasteiger partial charge in [0, 0.05) is 61.1 Å². The number of anilines is 4. The first-order valence-electron chi connectivity index (χ1n) is 17.6. The highest BCUT2D eigenvalue weighted by atomic mass is 79.9. The average molecular weight is 813 g/mol. The number of rotatable bonds is 10. The Kier molecular flexibility index (Phi) is 10.4. The topological polar surface area (TPSA) is 209 Å². The van der Waals surface area contributed by atoms with E-state index in [9.17, 15) is 32.0 Å². The largest absolute Gasteiger partial charge is 0.382 e. The van der Waals surface area contributed by atoms with Crippen LogP contribution in [0.15, 0.2) is 47.1 Å². The maximum atomic E-state index is 14.3. The minimum Gasteiger partial charge on any atom is -0.382 e. The van der Waals surface area contributed by atoms with Crippen molar-refractivity contribution in [3.63, 3.8) is 0 Å². The number of hydrogen-bond donors (Lipinski definition) is 5. The molecule has 7 rings (SSSR count). The number of carbonyl (C=O) groups excluding carboxylic acids is 4. The molecule has 0 bridgehead atoms. The second kappa shape index (κ2) is 15.0. The molecule has 3 aliphatic heterocycles. The Balaban J connectivity index is 0.954. The van der Waals surface area contributed by atoms with Crippen molar-refractivity contribution in [2.24, 2.45) is 5.73 Å². The van der Waals surface area contributed by atoms with Gasteiger partial charge in [-0.2, -0.15) is 9.29 Å². The van der Waals surface area contributed by atoms with E-state index in [4.69, 9.17) is 5.73 Å². The van der Waals surface area contributed by atoms with Crippen molar-refractivity contribution in [2.45, 2.75) is 81.3 Å². The molecule has 0 radical (unpaired) electrons. The molecule has 1 saturated carbocycles. The van der Waals surface area contributed by atoms with Crippen LogP contribution in [0.4, 0.5) is 27.5 Å². The van der Waals surface area contributed by atoms with Crippen molar-refractivity contribution in [3.05, 3.63) is 69.6 Å². The maximum Gasteiger partial charge on any atom is 0.255 e. The van der Waals surface area contributed by atoms with E-state index in [0.29, 0.717) is 55.1 Å². The van der Waals surface area contributed by atoms with Crippen molar-refractivity contribution < 1.29 is 32.0 Å². The van der Waals surface area contributed by atoms with E-state index < -0.39 is 38.9 Å². The molecule has 18 heteroatoms. The summed E-state index contributed by atoms with van der Waals surface area (Å²) in [5, 5.41) is 11.5. The van der Waals surface area contributed by atoms with E-state index in [0.717, 1.165) is 17.3 Å². The summed E-state index contributed by atoms with van der Waals surface area (Å²) in [5.74, 6) is -2.24. The van der Waals surface area contributed by atoms with Crippen LogP contribution in [-0.2, 0) is 26.2 Å². The number of hydrogen-bond acceptors (Lipinski definition) is 11. The molecule has 0 spiro atoms. The minimum absolute atomic E-state index is 0.00673. The van der Waals surface area contributed by atoms with Gasteiger partial charge in [0.2, 0.25) is 27.8 Å². The van der Waals surface area contributed by atoms with Gasteiger partial charge in [-0.15, -0.1) is 0 Å². The molecule has 53 heavy (non-hydrogen) atoms. The van der Waals surface area contributed by atoms with Gasteiger partial charge in [0.05, 0.1) is 21.0 Å². The SMILES string of the molecule is NC(=O)c1c(F)cccc1Nc1nc(N[C@@H]2CCCN(S(=O)(=O)C3CCC(Nc4cccc5c4CN(C4CCC(=O)NC4=O)C5=O)CC3)C2)ncc1Br. The number of benzene rings is 2. The normalized spacial score (nSPS) is 23.7. The molecule has 1 unspecified atom stereocenters. The number of amides is 4. The van der Waals surface area contributed by atoms with Gasteiger partial charge in [0.25, 0.3) is 11.8 Å². The summed E-state index contributed by atoms with van der Waals surface area (Å²) < 4.78 is 44.1. The number of carbonyl (C=O) groups is 4. The molecule has 3 aromatic rings. The fraction of sp³-hybridized carbons (Fsp3) is 0.429. The number of primary amides is 1. The van der Waals surface area contributed by atoms with Gasteiger partial charge < -0.3 is 26.6 Å². The number of nitrogens with zero attached hydrogens (tertiary/aromatic N) is 4. The average Bonchev–Trinajstić information content (AvgIpc) is 3.46. The fourth-order valence-corrected chi connectivity index (χ4v) is 10.0. The number of halogens is 2. The van der Waals surface area contributed by atoms with Crippen molar-refractivity contribution >= 4 is 72.7 Å². The number of sulfonamides is 1. The highest BCUT2D eigenvalue weighted by molar-refractivity contribution is 9.10. The van der Waals surface area contributed by atoms with Gasteiger partial charge in [-0.25, -0.2) is 17.8 Å². The number of fused-ring (bicyclic) bond motifs is 1. The van der Waals surface area contributed by atoms with Gasteiger partial charge in [-0.1, -0.05) is 12.1 Å². The van der Waals surface area contributed by atoms with Gasteiger partial charge in [-0.05, 0) is 85.1 Å². The second-order valence-electron chi connectivity index (χ2n) is 13.8. The Bertz CT molecular complexity index is 2080. The molecule has 15 nitrogen and oxygen atoms in total. The molecule has 6 N–H and O–H groups in total. The third kappa shape index (κ3) is 7.57. The summed E-state index contributed by atoms with van der Waals surface area (Å²) in [6.45, 7) is 0.909. The highest BCUT2D eigenvalue weighted by Gasteiger charge is 2.41. The summed E-state index contributed by atoms with van der Waals surface area (Å²) in [6.07, 6.45) is 5.51. The van der Waals surface area contributed by atoms with Gasteiger partial charge in [0.1, 0.15) is 17.7 Å². The summed E-state index contributed by atoms with van der Waals surface area (Å²) in [4.78, 5) is 59.6. The van der Waals surface area contributed by atoms with Crippen LogP contribution in [0.1, 0.15) is 77.6 Å². The van der Waals surface area contributed by atoms with Crippen molar-refractivity contribution in [1.29, 1.82) is 0 Å². The summed E-state index contributed by atoms with van der Waals surface area (Å²) in [7, 11) is -3.61. The maximum absolute atomic E-state index is 14.3. The van der Waals surface area contributed by atoms with E-state index in [1.165, 1.54) is 23.2 Å². The lowest BCUT2D eigenvalue weighted by molar-refractivity contribution is -0.136. The standard InChI is InChI=1S/C35H39BrFN9O6S/c36-24-16-39-35(44-32(24)42-27-8-2-6-25(37)30(27)31(38)48)41-20-4-3-15-45(17-20)53(51,52)21-11-9-19(10-12-21)40-26-7-1-5-22-23(26)18-46(34(22)50)28-13-14-29(47)43-33(28)49/h1-2,5-8,16,19-21,28,40H,3-4,9-15,17-18H2,(H2,38,48)(H,43,47,49)(H2,39,41,42,44)/t19?,20-,21?,28?/m1/s1. The molecule has 4 heterocycles. The fourth-order valence-electron chi connectivity index (χ4n) is 7.66. The smallest absolute Gasteiger partial charge is 0.255 e. The van der Waals surface area contributed by atoms with Crippen LogP contribution < -0.4 is 27.0 Å². The van der Waals surface area contributed by atoms with Crippen LogP contribution >= 0.6 is 15.9 Å². The lowest BCUT2D eigenvalue weighted by Gasteiger charge is -2.37. The summed E-state index contributed by atoms with van der Waals surface area (Å²) in [5.41, 5.74) is 7.34. The van der Waals surface area contributed by atoms with Crippen molar-refractivity contribution in [3.8, 4) is 0 Å². The molecule has 1 aromatic heterocycles. The second-order valence-corrected chi connectivity index (χ2v) is 16.8. The van der Waals surface area contributed by atoms with E-state index in [1.54, 1.807) is 16.4 Å². The van der Waals surface area contributed by atoms with Gasteiger partial charge >= 0.3 is 0 Å². The molecular weight excluding hydrogens is 773 g/mol. The third-order valence-corrected chi connectivity index (χ3v) is 13.3. The van der Waals surface area contributed by atoms with Gasteiger partial charge in [0.15, 0.2) is 0 Å². The van der Waals surface area contributed by atoms with Crippen molar-refractivity contribution in [1.82, 2.24) is 24.5 Å². The molecule has 2 atom stereocenters. The number of nitrogens with one attached hydrogen (secondary N) is 4. The van der Waals surface area contributed by atoms with E-state index >= 15 is 0 Å². The van der Waals surface area contributed by atoms with Crippen molar-refractivity contribution in [2.75, 3.05) is 29.0 Å². The van der Waals surface area contributed by atoms with Crippen LogP contribution in [0.5, 0.6) is 0 Å². The molecule has 2 aromatic carbocycles. The van der Waals surface area contributed by atoms with Crippen LogP contribution in [0.3, 0.4) is 0 Å². The number of imide groups is 1. The van der Waals surface area contributed by atoms with Crippen LogP contribution in [0.25, 0.3) is 0 Å². The number of piperidine rings is 2. The van der Waals surface area contributed by atoms with Crippen LogP contribution in [0, 0.1) is 5.82 Å². The molecular formula is C35H39BrFN9O6S. The zero-order valence-corrected chi connectivity index (χ0v) is 31.0. The zero-order chi connectivity index (χ0) is 37.4. The Hall–Kier alpha value is -4.68. The molecule has 4 aliphatic rings.